The van der Waals surface area contributed by atoms with Crippen molar-refractivity contribution >= 4 is 10.1 Å². The number of hydrogen-bond donors (Lipinski definition) is 0. The average molecular weight is 349 g/mol. The Morgan fingerprint density at radius 1 is 1.22 bits per heavy atom. The summed E-state index contributed by atoms with van der Waals surface area (Å²) in [6.45, 7) is 0.0785. The Bertz CT molecular complexity index is 762. The van der Waals surface area contributed by atoms with Gasteiger partial charge in [0.1, 0.15) is 11.9 Å². The van der Waals surface area contributed by atoms with Gasteiger partial charge in [-0.25, -0.2) is 0 Å². The van der Waals surface area contributed by atoms with Crippen LogP contribution in [0.15, 0.2) is 30.6 Å². The van der Waals surface area contributed by atoms with Gasteiger partial charge in [0.2, 0.25) is 0 Å². The van der Waals surface area contributed by atoms with Crippen molar-refractivity contribution in [3.8, 4) is 11.3 Å². The van der Waals surface area contributed by atoms with E-state index in [0.29, 0.717) is 5.56 Å². The number of aromatic nitrogens is 4. The second kappa shape index (κ2) is 6.54. The van der Waals surface area contributed by atoms with Gasteiger partial charge >= 0.3 is 6.18 Å². The zero-order chi connectivity index (χ0) is 17.1. The molecule has 0 saturated carbocycles. The zero-order valence-electron chi connectivity index (χ0n) is 11.9. The van der Waals surface area contributed by atoms with Crippen molar-refractivity contribution in [3.05, 3.63) is 36.3 Å². The van der Waals surface area contributed by atoms with Gasteiger partial charge in [-0.2, -0.15) is 21.6 Å². The summed E-state index contributed by atoms with van der Waals surface area (Å²) in [7, 11) is -2.52. The number of halogens is 3. The van der Waals surface area contributed by atoms with Crippen LogP contribution in [0.4, 0.5) is 13.2 Å². The highest BCUT2D eigenvalue weighted by Crippen LogP contribution is 2.27. The molecule has 2 aromatic rings. The Labute approximate surface area is 129 Å². The van der Waals surface area contributed by atoms with Crippen LogP contribution < -0.4 is 4.68 Å². The first kappa shape index (κ1) is 17.2. The highest BCUT2D eigenvalue weighted by molar-refractivity contribution is 7.86. The predicted octanol–water partition coefficient (Wildman–Crippen LogP) is 0.821. The summed E-state index contributed by atoms with van der Waals surface area (Å²) in [5.41, 5.74) is -0.399. The van der Waals surface area contributed by atoms with Gasteiger partial charge in [-0.05, 0) is 17.2 Å². The Balaban J connectivity index is 2.10. The first-order valence-electron chi connectivity index (χ1n) is 6.27. The van der Waals surface area contributed by atoms with E-state index >= 15 is 0 Å². The summed E-state index contributed by atoms with van der Waals surface area (Å²) in [6, 6.07) is 3.56. The predicted molar refractivity (Wildman–Crippen MR) is 71.3 cm³/mol. The first-order chi connectivity index (χ1) is 10.7. The maximum atomic E-state index is 12.4. The second-order valence-electron chi connectivity index (χ2n) is 4.41. The molecule has 0 bridgehead atoms. The summed E-state index contributed by atoms with van der Waals surface area (Å²) in [4.78, 5) is 0. The van der Waals surface area contributed by atoms with Crippen molar-refractivity contribution < 1.29 is 30.5 Å². The molecule has 0 fully saturated rings. The average Bonchev–Trinajstić information content (AvgIpc) is 2.53. The van der Waals surface area contributed by atoms with E-state index in [1.165, 1.54) is 23.1 Å². The molecule has 23 heavy (non-hydrogen) atoms. The molecule has 0 saturated heterocycles. The zero-order valence-corrected chi connectivity index (χ0v) is 12.7. The Morgan fingerprint density at radius 3 is 2.43 bits per heavy atom. The van der Waals surface area contributed by atoms with E-state index < -0.39 is 22.0 Å². The molecular formula is C12H12F3N4O3S+. The molecule has 7 nitrogen and oxygen atoms in total. The van der Waals surface area contributed by atoms with Gasteiger partial charge in [0.05, 0.1) is 12.8 Å². The summed E-state index contributed by atoms with van der Waals surface area (Å²) in [6.07, 6.45) is -1.70. The van der Waals surface area contributed by atoms with Gasteiger partial charge in [-0.3, -0.25) is 4.18 Å². The lowest BCUT2D eigenvalue weighted by Gasteiger charge is -2.04. The Hall–Kier alpha value is -2.14. The Kier molecular flexibility index (Phi) is 4.90. The smallest absolute Gasteiger partial charge is 0.273 e. The molecule has 0 radical (unpaired) electrons. The molecule has 0 N–H and O–H groups in total. The summed E-state index contributed by atoms with van der Waals surface area (Å²) >= 11 is 0. The standard InChI is InChI=1S/C12H12F3N4O3S/c1-22-23(20,21)7-6-19-5-4-9(8-16-19)10-2-3-11(18-17-10)12(13,14)15/h2-5,8H,6-7H2,1H3/q+1. The van der Waals surface area contributed by atoms with Crippen molar-refractivity contribution in [2.75, 3.05) is 12.9 Å². The number of nitrogens with zero attached hydrogens (tertiary/aromatic N) is 4. The minimum atomic E-state index is -4.55. The van der Waals surface area contributed by atoms with E-state index in [4.69, 9.17) is 0 Å². The quantitative estimate of drug-likeness (QED) is 0.587. The third-order valence-corrected chi connectivity index (χ3v) is 4.04. The molecule has 2 aromatic heterocycles. The van der Waals surface area contributed by atoms with Gasteiger partial charge in [-0.15, -0.1) is 10.2 Å². The van der Waals surface area contributed by atoms with Crippen LogP contribution in [0.25, 0.3) is 11.3 Å². The normalized spacial score (nSPS) is 12.3. The van der Waals surface area contributed by atoms with Gasteiger partial charge in [0.25, 0.3) is 10.1 Å². The summed E-state index contributed by atoms with van der Waals surface area (Å²) in [5.74, 6) is -0.249. The lowest BCUT2D eigenvalue weighted by molar-refractivity contribution is -0.750. The maximum Gasteiger partial charge on any atom is 0.435 e. The van der Waals surface area contributed by atoms with Gasteiger partial charge in [-0.1, -0.05) is 4.68 Å². The number of hydrogen-bond acceptors (Lipinski definition) is 6. The van der Waals surface area contributed by atoms with E-state index in [9.17, 15) is 21.6 Å². The third kappa shape index (κ3) is 4.66. The molecule has 2 heterocycles. The van der Waals surface area contributed by atoms with Crippen LogP contribution in [-0.2, 0) is 27.0 Å². The van der Waals surface area contributed by atoms with Crippen LogP contribution >= 0.6 is 0 Å². The van der Waals surface area contributed by atoms with Gasteiger partial charge in [0, 0.05) is 11.6 Å². The molecule has 0 atom stereocenters. The number of rotatable bonds is 5. The molecule has 0 aliphatic rings. The van der Waals surface area contributed by atoms with Crippen LogP contribution in [0.2, 0.25) is 0 Å². The third-order valence-electron chi connectivity index (χ3n) is 2.85. The van der Waals surface area contributed by atoms with E-state index in [2.05, 4.69) is 19.5 Å². The maximum absolute atomic E-state index is 12.4. The molecule has 124 valence electrons. The highest BCUT2D eigenvalue weighted by Gasteiger charge is 2.32. The molecule has 0 aromatic carbocycles. The fraction of sp³-hybridized carbons (Fsp3) is 0.333. The van der Waals surface area contributed by atoms with Crippen LogP contribution in [0.5, 0.6) is 0 Å². The minimum Gasteiger partial charge on any atom is -0.273 e. The molecule has 0 aliphatic carbocycles. The fourth-order valence-electron chi connectivity index (χ4n) is 1.59. The lowest BCUT2D eigenvalue weighted by Crippen LogP contribution is -2.40. The van der Waals surface area contributed by atoms with E-state index in [1.54, 1.807) is 6.07 Å². The molecule has 0 unspecified atom stereocenters. The van der Waals surface area contributed by atoms with E-state index in [1.807, 2.05) is 0 Å². The van der Waals surface area contributed by atoms with E-state index in [0.717, 1.165) is 13.2 Å². The molecule has 11 heteroatoms. The monoisotopic (exact) mass is 349 g/mol. The van der Waals surface area contributed by atoms with Gasteiger partial charge < -0.3 is 0 Å². The number of aryl methyl sites for hydroxylation is 1. The fourth-order valence-corrected chi connectivity index (χ4v) is 2.17. The second-order valence-corrected chi connectivity index (χ2v) is 6.27. The van der Waals surface area contributed by atoms with Crippen molar-refractivity contribution in [1.29, 1.82) is 0 Å². The highest BCUT2D eigenvalue weighted by atomic mass is 32.2. The lowest BCUT2D eigenvalue weighted by atomic mass is 10.2. The molecular weight excluding hydrogens is 337 g/mol. The summed E-state index contributed by atoms with van der Waals surface area (Å²) < 4.78 is 65.3. The van der Waals surface area contributed by atoms with Crippen molar-refractivity contribution in [1.82, 2.24) is 15.3 Å². The van der Waals surface area contributed by atoms with Crippen LogP contribution in [0, 0.1) is 0 Å². The van der Waals surface area contributed by atoms with Crippen molar-refractivity contribution in [3.63, 3.8) is 0 Å². The van der Waals surface area contributed by atoms with Crippen LogP contribution in [-0.4, -0.2) is 36.6 Å². The van der Waals surface area contributed by atoms with Crippen molar-refractivity contribution in [2.45, 2.75) is 12.7 Å². The number of alkyl halides is 3. The van der Waals surface area contributed by atoms with Crippen LogP contribution in [0.3, 0.4) is 0 Å². The minimum absolute atomic E-state index is 0.0785. The molecule has 2 rings (SSSR count). The molecule has 0 spiro atoms. The Morgan fingerprint density at radius 2 is 1.96 bits per heavy atom. The van der Waals surface area contributed by atoms with Crippen LogP contribution in [0.1, 0.15) is 5.69 Å². The topological polar surface area (TPSA) is 85.9 Å². The van der Waals surface area contributed by atoms with Crippen molar-refractivity contribution in [2.24, 2.45) is 0 Å². The molecule has 0 aliphatic heterocycles. The van der Waals surface area contributed by atoms with Gasteiger partial charge in [0.15, 0.2) is 18.4 Å². The van der Waals surface area contributed by atoms with E-state index in [-0.39, 0.29) is 18.0 Å². The first-order valence-corrected chi connectivity index (χ1v) is 7.84. The molecule has 0 amide bonds. The summed E-state index contributed by atoms with van der Waals surface area (Å²) in [5, 5.41) is 10.6. The SMILES string of the molecule is COS(=O)(=O)CC[n+]1ccc(-c2ccc(C(F)(F)F)nn2)cn1. The largest absolute Gasteiger partial charge is 0.435 e.